The van der Waals surface area contributed by atoms with Gasteiger partial charge in [-0.25, -0.2) is 8.42 Å². The molecule has 0 aliphatic rings. The van der Waals surface area contributed by atoms with E-state index in [0.717, 1.165) is 16.1 Å². The first-order valence-corrected chi connectivity index (χ1v) is 10.5. The summed E-state index contributed by atoms with van der Waals surface area (Å²) < 4.78 is 31.0. The fourth-order valence-electron chi connectivity index (χ4n) is 2.59. The van der Waals surface area contributed by atoms with Crippen molar-refractivity contribution in [2.45, 2.75) is 19.9 Å². The number of aryl methyl sites for hydroxylation is 1. The van der Waals surface area contributed by atoms with Gasteiger partial charge in [0.2, 0.25) is 15.9 Å². The normalized spacial score (nSPS) is 12.4. The van der Waals surface area contributed by atoms with Gasteiger partial charge in [-0.1, -0.05) is 29.3 Å². The third kappa shape index (κ3) is 5.06. The van der Waals surface area contributed by atoms with Gasteiger partial charge in [-0.2, -0.15) is 0 Å². The molecule has 0 spiro atoms. The van der Waals surface area contributed by atoms with Crippen LogP contribution in [0.5, 0.6) is 5.75 Å². The zero-order valence-corrected chi connectivity index (χ0v) is 17.6. The minimum absolute atomic E-state index is 0.130. The van der Waals surface area contributed by atoms with Crippen LogP contribution in [0.4, 0.5) is 11.4 Å². The van der Waals surface area contributed by atoms with Crippen molar-refractivity contribution in [3.63, 3.8) is 0 Å². The zero-order chi connectivity index (χ0) is 20.4. The maximum absolute atomic E-state index is 12.8. The lowest BCUT2D eigenvalue weighted by Crippen LogP contribution is -2.45. The van der Waals surface area contributed by atoms with Crippen LogP contribution in [-0.2, 0) is 14.8 Å². The van der Waals surface area contributed by atoms with Gasteiger partial charge in [0, 0.05) is 5.02 Å². The molecule has 0 aliphatic heterocycles. The van der Waals surface area contributed by atoms with Gasteiger partial charge in [-0.05, 0) is 49.7 Å². The van der Waals surface area contributed by atoms with E-state index in [2.05, 4.69) is 5.32 Å². The lowest BCUT2D eigenvalue weighted by atomic mass is 10.2. The highest BCUT2D eigenvalue weighted by molar-refractivity contribution is 7.92. The van der Waals surface area contributed by atoms with E-state index >= 15 is 0 Å². The van der Waals surface area contributed by atoms with Crippen LogP contribution in [0.2, 0.25) is 10.0 Å². The number of benzene rings is 2. The van der Waals surface area contributed by atoms with E-state index in [0.29, 0.717) is 16.5 Å². The number of hydrogen-bond acceptors (Lipinski definition) is 4. The number of carbonyl (C=O) groups excluding carboxylic acids is 1. The number of anilines is 2. The molecular formula is C18H20Cl2N2O4S. The number of carbonyl (C=O) groups is 1. The van der Waals surface area contributed by atoms with Crippen LogP contribution in [-0.4, -0.2) is 33.7 Å². The number of nitrogens with zero attached hydrogens (tertiary/aromatic N) is 1. The number of halogens is 2. The Kier molecular flexibility index (Phi) is 6.62. The summed E-state index contributed by atoms with van der Waals surface area (Å²) in [6.45, 7) is 3.34. The molecular weight excluding hydrogens is 411 g/mol. The van der Waals surface area contributed by atoms with Crippen LogP contribution in [0, 0.1) is 6.92 Å². The maximum atomic E-state index is 12.8. The number of rotatable bonds is 6. The van der Waals surface area contributed by atoms with Gasteiger partial charge in [-0.15, -0.1) is 0 Å². The van der Waals surface area contributed by atoms with Crippen molar-refractivity contribution in [1.82, 2.24) is 0 Å². The van der Waals surface area contributed by atoms with Crippen LogP contribution in [0.3, 0.4) is 0 Å². The highest BCUT2D eigenvalue weighted by Crippen LogP contribution is 2.33. The molecule has 1 atom stereocenters. The molecule has 0 bridgehead atoms. The third-order valence-corrected chi connectivity index (χ3v) is 5.63. The minimum Gasteiger partial charge on any atom is -0.495 e. The van der Waals surface area contributed by atoms with Crippen LogP contribution >= 0.6 is 23.2 Å². The van der Waals surface area contributed by atoms with Crippen LogP contribution in [0.25, 0.3) is 0 Å². The molecule has 1 amide bonds. The average molecular weight is 431 g/mol. The topological polar surface area (TPSA) is 75.7 Å². The van der Waals surface area contributed by atoms with Crippen LogP contribution in [0.1, 0.15) is 12.5 Å². The quantitative estimate of drug-likeness (QED) is 0.747. The molecule has 1 unspecified atom stereocenters. The molecule has 0 aromatic heterocycles. The first kappa shape index (κ1) is 21.3. The summed E-state index contributed by atoms with van der Waals surface area (Å²) in [5, 5.41) is 3.18. The van der Waals surface area contributed by atoms with Crippen molar-refractivity contribution in [1.29, 1.82) is 0 Å². The molecule has 0 fully saturated rings. The Bertz CT molecular complexity index is 964. The molecule has 146 valence electrons. The highest BCUT2D eigenvalue weighted by Gasteiger charge is 2.31. The number of nitrogens with one attached hydrogen (secondary N) is 1. The molecule has 0 radical (unpaired) electrons. The van der Waals surface area contributed by atoms with E-state index < -0.39 is 22.0 Å². The second-order valence-corrected chi connectivity index (χ2v) is 8.73. The van der Waals surface area contributed by atoms with Crippen LogP contribution < -0.4 is 14.4 Å². The highest BCUT2D eigenvalue weighted by atomic mass is 35.5. The second-order valence-electron chi connectivity index (χ2n) is 6.02. The van der Waals surface area contributed by atoms with E-state index in [4.69, 9.17) is 27.9 Å². The Balaban J connectivity index is 2.42. The van der Waals surface area contributed by atoms with Crippen molar-refractivity contribution < 1.29 is 17.9 Å². The smallest absolute Gasteiger partial charge is 0.248 e. The average Bonchev–Trinajstić information content (AvgIpc) is 2.57. The van der Waals surface area contributed by atoms with Gasteiger partial charge in [0.05, 0.1) is 29.8 Å². The molecule has 2 aromatic rings. The Labute approximate surface area is 169 Å². The molecule has 2 rings (SSSR count). The van der Waals surface area contributed by atoms with E-state index in [9.17, 15) is 13.2 Å². The standard InChI is InChI=1S/C18H20Cl2N2O4S/c1-11-5-8-17(26-3)15(9-11)21-18(23)12(2)22(27(4,24)25)16-10-13(19)6-7-14(16)20/h5-10,12H,1-4H3,(H,21,23). The molecule has 1 N–H and O–H groups in total. The van der Waals surface area contributed by atoms with E-state index in [1.54, 1.807) is 12.1 Å². The maximum Gasteiger partial charge on any atom is 0.248 e. The first-order chi connectivity index (χ1) is 12.5. The second kappa shape index (κ2) is 8.37. The SMILES string of the molecule is COc1ccc(C)cc1NC(=O)C(C)N(c1cc(Cl)ccc1Cl)S(C)(=O)=O. The molecule has 0 saturated carbocycles. The van der Waals surface area contributed by atoms with Gasteiger partial charge < -0.3 is 10.1 Å². The molecule has 9 heteroatoms. The summed E-state index contributed by atoms with van der Waals surface area (Å²) >= 11 is 12.1. The summed E-state index contributed by atoms with van der Waals surface area (Å²) in [5.41, 5.74) is 1.49. The van der Waals surface area contributed by atoms with Crippen molar-refractivity contribution in [3.8, 4) is 5.75 Å². The number of hydrogen-bond donors (Lipinski definition) is 1. The zero-order valence-electron chi connectivity index (χ0n) is 15.3. The van der Waals surface area contributed by atoms with Gasteiger partial charge in [-0.3, -0.25) is 9.10 Å². The minimum atomic E-state index is -3.82. The Hall–Kier alpha value is -1.96. The fourth-order valence-corrected chi connectivity index (χ4v) is 4.20. The van der Waals surface area contributed by atoms with Crippen LogP contribution in [0.15, 0.2) is 36.4 Å². The van der Waals surface area contributed by atoms with E-state index in [1.807, 2.05) is 13.0 Å². The Morgan fingerprint density at radius 1 is 1.19 bits per heavy atom. The van der Waals surface area contributed by atoms with Crippen molar-refractivity contribution in [2.75, 3.05) is 23.0 Å². The summed E-state index contributed by atoms with van der Waals surface area (Å²) in [5.74, 6) is -0.0757. The lowest BCUT2D eigenvalue weighted by molar-refractivity contribution is -0.116. The number of methoxy groups -OCH3 is 1. The predicted molar refractivity (Wildman–Crippen MR) is 110 cm³/mol. The number of amides is 1. The molecule has 6 nitrogen and oxygen atoms in total. The third-order valence-electron chi connectivity index (χ3n) is 3.85. The summed E-state index contributed by atoms with van der Waals surface area (Å²) in [4.78, 5) is 12.8. The van der Waals surface area contributed by atoms with E-state index in [-0.39, 0.29) is 10.7 Å². The number of ether oxygens (including phenoxy) is 1. The molecule has 2 aromatic carbocycles. The lowest BCUT2D eigenvalue weighted by Gasteiger charge is -2.29. The van der Waals surface area contributed by atoms with Gasteiger partial charge >= 0.3 is 0 Å². The largest absolute Gasteiger partial charge is 0.495 e. The van der Waals surface area contributed by atoms with E-state index in [1.165, 1.54) is 32.2 Å². The van der Waals surface area contributed by atoms with Crippen molar-refractivity contribution >= 4 is 50.5 Å². The van der Waals surface area contributed by atoms with Crippen molar-refractivity contribution in [3.05, 3.63) is 52.0 Å². The van der Waals surface area contributed by atoms with Gasteiger partial charge in [0.25, 0.3) is 0 Å². The van der Waals surface area contributed by atoms with Gasteiger partial charge in [0.1, 0.15) is 11.8 Å². The molecule has 0 aliphatic carbocycles. The van der Waals surface area contributed by atoms with Gasteiger partial charge in [0.15, 0.2) is 0 Å². The first-order valence-electron chi connectivity index (χ1n) is 7.94. The summed E-state index contributed by atoms with van der Waals surface area (Å²) in [7, 11) is -2.34. The molecule has 0 heterocycles. The molecule has 0 saturated heterocycles. The molecule has 27 heavy (non-hydrogen) atoms. The Morgan fingerprint density at radius 3 is 2.44 bits per heavy atom. The monoisotopic (exact) mass is 430 g/mol. The number of sulfonamides is 1. The van der Waals surface area contributed by atoms with Crippen molar-refractivity contribution in [2.24, 2.45) is 0 Å². The summed E-state index contributed by atoms with van der Waals surface area (Å²) in [6, 6.07) is 8.63. The Morgan fingerprint density at radius 2 is 1.85 bits per heavy atom. The predicted octanol–water partition coefficient (Wildman–Crippen LogP) is 4.10. The summed E-state index contributed by atoms with van der Waals surface area (Å²) in [6.07, 6.45) is 1.00. The fraction of sp³-hybridized carbons (Fsp3) is 0.278.